The number of fused-ring (bicyclic) bond motifs is 3. The number of carbonyl (C=O) groups is 4. The number of aromatic hydroxyl groups is 1. The Morgan fingerprint density at radius 3 is 2.33 bits per heavy atom. The molecule has 2 saturated carbocycles. The Balaban J connectivity index is 1.60. The minimum Gasteiger partial charge on any atom is -0.507 e. The molecule has 2 fully saturated rings. The molecule has 0 spiro atoms. The fourth-order valence-electron chi connectivity index (χ4n) is 7.37. The molecule has 45 heavy (non-hydrogen) atoms. The average molecular weight is 621 g/mol. The first-order valence-electron chi connectivity index (χ1n) is 14.8. The van der Waals surface area contributed by atoms with E-state index in [9.17, 15) is 39.6 Å². The molecule has 2 amide bonds. The molecule has 0 aromatic heterocycles. The number of carbonyl (C=O) groups excluding carboxylic acids is 4. The van der Waals surface area contributed by atoms with Gasteiger partial charge in [-0.15, -0.1) is 0 Å². The highest BCUT2D eigenvalue weighted by molar-refractivity contribution is 6.25. The molecule has 0 aliphatic heterocycles. The molecule has 3 aliphatic rings. The van der Waals surface area contributed by atoms with Gasteiger partial charge in [-0.25, -0.2) is 0 Å². The maximum absolute atomic E-state index is 14.1. The van der Waals surface area contributed by atoms with Crippen LogP contribution in [-0.4, -0.2) is 125 Å². The number of hydrogen-bond donors (Lipinski definition) is 5. The molecule has 2 aromatic rings. The van der Waals surface area contributed by atoms with E-state index in [0.717, 1.165) is 0 Å². The number of phenolic OH excluding ortho intramolecular Hbond substituents is 1. The molecule has 0 radical (unpaired) electrons. The van der Waals surface area contributed by atoms with Crippen molar-refractivity contribution in [1.82, 2.24) is 14.7 Å². The number of Topliss-reactive ketones (excluding diaryl/α,β-unsaturated/α-hetero) is 2. The molecule has 240 valence electrons. The first-order chi connectivity index (χ1) is 21.1. The number of amides is 2. The Morgan fingerprint density at radius 2 is 1.71 bits per heavy atom. The van der Waals surface area contributed by atoms with E-state index in [1.54, 1.807) is 55.2 Å². The summed E-state index contributed by atoms with van der Waals surface area (Å²) in [5.74, 6) is -8.10. The minimum atomic E-state index is -2.72. The number of benzene rings is 2. The number of aliphatic hydroxyl groups is 3. The van der Waals surface area contributed by atoms with Crippen LogP contribution < -0.4 is 5.73 Å². The highest BCUT2D eigenvalue weighted by Gasteiger charge is 2.67. The average Bonchev–Trinajstić information content (AvgIpc) is 2.97. The van der Waals surface area contributed by atoms with Crippen LogP contribution in [0.1, 0.15) is 27.9 Å². The van der Waals surface area contributed by atoms with Crippen molar-refractivity contribution in [2.24, 2.45) is 23.5 Å². The second-order valence-corrected chi connectivity index (χ2v) is 12.9. The summed E-state index contributed by atoms with van der Waals surface area (Å²) in [6.07, 6.45) is -1.39. The van der Waals surface area contributed by atoms with Crippen LogP contribution in [0.2, 0.25) is 0 Å². The Labute approximate surface area is 261 Å². The molecular formula is C33H40N4O8. The van der Waals surface area contributed by atoms with Crippen LogP contribution in [0.5, 0.6) is 5.75 Å². The summed E-state index contributed by atoms with van der Waals surface area (Å²) in [4.78, 5) is 58.2. The lowest BCUT2D eigenvalue weighted by Gasteiger charge is -2.53. The van der Waals surface area contributed by atoms with Gasteiger partial charge in [-0.3, -0.25) is 19.2 Å². The summed E-state index contributed by atoms with van der Waals surface area (Å²) in [5, 5.41) is 45.3. The van der Waals surface area contributed by atoms with Crippen LogP contribution in [-0.2, 0) is 20.8 Å². The summed E-state index contributed by atoms with van der Waals surface area (Å²) < 4.78 is 0. The van der Waals surface area contributed by atoms with E-state index in [4.69, 9.17) is 5.73 Å². The number of hydrogen-bond acceptors (Lipinski definition) is 10. The first-order valence-corrected chi connectivity index (χ1v) is 14.8. The zero-order valence-electron chi connectivity index (χ0n) is 26.0. The van der Waals surface area contributed by atoms with Crippen LogP contribution in [0.25, 0.3) is 16.9 Å². The molecule has 12 nitrogen and oxygen atoms in total. The van der Waals surface area contributed by atoms with Crippen molar-refractivity contribution in [1.29, 1.82) is 0 Å². The number of ketones is 2. The fraction of sp³-hybridized carbons (Fsp3) is 0.455. The van der Waals surface area contributed by atoms with E-state index in [1.807, 2.05) is 25.1 Å². The normalized spacial score (nSPS) is 27.7. The van der Waals surface area contributed by atoms with Crippen molar-refractivity contribution in [3.8, 4) is 16.9 Å². The summed E-state index contributed by atoms with van der Waals surface area (Å²) in [7, 11) is 8.79. The van der Waals surface area contributed by atoms with Gasteiger partial charge in [0.2, 0.25) is 11.7 Å². The van der Waals surface area contributed by atoms with Crippen molar-refractivity contribution >= 4 is 29.1 Å². The first kappa shape index (κ1) is 32.3. The molecule has 0 bridgehead atoms. The second kappa shape index (κ2) is 11.7. The third-order valence-electron chi connectivity index (χ3n) is 9.62. The van der Waals surface area contributed by atoms with Crippen molar-refractivity contribution in [2.75, 3.05) is 48.3 Å². The van der Waals surface area contributed by atoms with Crippen molar-refractivity contribution in [3.63, 3.8) is 0 Å². The lowest BCUT2D eigenvalue weighted by Crippen LogP contribution is -2.73. The predicted molar refractivity (Wildman–Crippen MR) is 165 cm³/mol. The summed E-state index contributed by atoms with van der Waals surface area (Å²) in [6.45, 7) is 1.22. The van der Waals surface area contributed by atoms with Crippen LogP contribution in [0.4, 0.5) is 0 Å². The molecule has 0 heterocycles. The van der Waals surface area contributed by atoms with Crippen molar-refractivity contribution in [3.05, 3.63) is 58.7 Å². The summed E-state index contributed by atoms with van der Waals surface area (Å²) in [5.41, 5.74) is 4.78. The third kappa shape index (κ3) is 5.11. The standard InChI is InChI=1S/C33H40N4O8/c1-35(2)11-12-37(5)32(44)17-8-6-7-16(13-17)19-9-10-22(38)24-20(19)14-18-15-21-26(36(3)4)28(40)25(31(34)43)30(42)33(21,45)29(41)23(18)27(24)39/h6-10,13,18,21,25-26,28,38-40,45H,11-12,14-15H2,1-5H3,(H2,34,43)/t18-,21-,25?,26-,28?,33-/m0/s1. The van der Waals surface area contributed by atoms with Gasteiger partial charge in [0.25, 0.3) is 5.91 Å². The second-order valence-electron chi connectivity index (χ2n) is 12.9. The van der Waals surface area contributed by atoms with Gasteiger partial charge >= 0.3 is 0 Å². The Kier molecular flexibility index (Phi) is 8.38. The minimum absolute atomic E-state index is 0.00659. The molecule has 0 saturated heterocycles. The lowest BCUT2D eigenvalue weighted by atomic mass is 9.54. The van der Waals surface area contributed by atoms with Crippen LogP contribution >= 0.6 is 0 Å². The fourth-order valence-corrected chi connectivity index (χ4v) is 7.37. The zero-order valence-corrected chi connectivity index (χ0v) is 26.0. The van der Waals surface area contributed by atoms with E-state index in [2.05, 4.69) is 0 Å². The monoisotopic (exact) mass is 620 g/mol. The maximum atomic E-state index is 14.1. The number of rotatable bonds is 7. The predicted octanol–water partition coefficient (Wildman–Crippen LogP) is 0.430. The van der Waals surface area contributed by atoms with Gasteiger partial charge in [-0.1, -0.05) is 18.2 Å². The smallest absolute Gasteiger partial charge is 0.253 e. The molecular weight excluding hydrogens is 580 g/mol. The number of likely N-dealkylation sites (N-methyl/N-ethyl adjacent to an activating group) is 3. The highest BCUT2D eigenvalue weighted by Crippen LogP contribution is 2.53. The van der Waals surface area contributed by atoms with Gasteiger partial charge in [-0.2, -0.15) is 0 Å². The van der Waals surface area contributed by atoms with Gasteiger partial charge in [0.15, 0.2) is 11.4 Å². The molecule has 5 rings (SSSR count). The van der Waals surface area contributed by atoms with Gasteiger partial charge in [0.1, 0.15) is 17.4 Å². The molecule has 2 unspecified atom stereocenters. The van der Waals surface area contributed by atoms with E-state index in [1.165, 1.54) is 6.07 Å². The Morgan fingerprint density at radius 1 is 1.02 bits per heavy atom. The lowest BCUT2D eigenvalue weighted by molar-refractivity contribution is -0.184. The van der Waals surface area contributed by atoms with Crippen molar-refractivity contribution in [2.45, 2.75) is 30.6 Å². The number of primary amides is 1. The van der Waals surface area contributed by atoms with Gasteiger partial charge in [0, 0.05) is 43.2 Å². The van der Waals surface area contributed by atoms with Gasteiger partial charge < -0.3 is 40.9 Å². The molecule has 2 aromatic carbocycles. The summed E-state index contributed by atoms with van der Waals surface area (Å²) in [6, 6.07) is 9.10. The number of phenols is 1. The molecule has 6 N–H and O–H groups in total. The highest BCUT2D eigenvalue weighted by atomic mass is 16.3. The van der Waals surface area contributed by atoms with Crippen LogP contribution in [0.3, 0.4) is 0 Å². The van der Waals surface area contributed by atoms with Gasteiger partial charge in [-0.05, 0) is 81.8 Å². The van der Waals surface area contributed by atoms with E-state index in [0.29, 0.717) is 35.3 Å². The third-order valence-corrected chi connectivity index (χ3v) is 9.62. The van der Waals surface area contributed by atoms with E-state index in [-0.39, 0.29) is 35.6 Å². The SMILES string of the molecule is CN(C)CCN(C)C(=O)c1cccc(-c2ccc(O)c3c2C[C@H]2C[C@H]4[C@H](N(C)C)C(O)C(C(N)=O)C(=O)[C@@]4(O)C(=O)C2=C3O)c1. The van der Waals surface area contributed by atoms with Gasteiger partial charge in [0.05, 0.1) is 11.7 Å². The van der Waals surface area contributed by atoms with Crippen LogP contribution in [0.15, 0.2) is 42.0 Å². The maximum Gasteiger partial charge on any atom is 0.253 e. The topological polar surface area (TPSA) is 185 Å². The Bertz CT molecular complexity index is 1620. The van der Waals surface area contributed by atoms with E-state index >= 15 is 0 Å². The quantitative estimate of drug-likeness (QED) is 0.272. The van der Waals surface area contributed by atoms with E-state index < -0.39 is 58.7 Å². The Hall–Kier alpha value is -4.10. The molecule has 12 heteroatoms. The number of nitrogens with zero attached hydrogens (tertiary/aromatic N) is 3. The van der Waals surface area contributed by atoms with Crippen LogP contribution in [0, 0.1) is 17.8 Å². The largest absolute Gasteiger partial charge is 0.507 e. The molecule has 3 aliphatic carbocycles. The molecule has 6 atom stereocenters. The summed E-state index contributed by atoms with van der Waals surface area (Å²) >= 11 is 0. The number of nitrogens with two attached hydrogens (primary N) is 1. The van der Waals surface area contributed by atoms with Crippen molar-refractivity contribution < 1.29 is 39.6 Å². The number of aliphatic hydroxyl groups excluding tert-OH is 2. The zero-order chi connectivity index (χ0) is 33.1.